The van der Waals surface area contributed by atoms with E-state index >= 15 is 0 Å². The molecule has 0 aliphatic carbocycles. The number of hydrogen-bond acceptors (Lipinski definition) is 3. The van der Waals surface area contributed by atoms with E-state index in [9.17, 15) is 14.4 Å². The van der Waals surface area contributed by atoms with Gasteiger partial charge in [-0.1, -0.05) is 6.07 Å². The summed E-state index contributed by atoms with van der Waals surface area (Å²) in [5, 5.41) is 12.5. The summed E-state index contributed by atoms with van der Waals surface area (Å²) in [6, 6.07) is 7.69. The van der Waals surface area contributed by atoms with E-state index in [1.165, 1.54) is 4.90 Å². The smallest absolute Gasteiger partial charge is 0.407 e. The third kappa shape index (κ3) is 2.87. The molecule has 0 radical (unpaired) electrons. The molecule has 2 fully saturated rings. The summed E-state index contributed by atoms with van der Waals surface area (Å²) in [4.78, 5) is 37.5. The number of rotatable bonds is 2. The number of urea groups is 1. The average molecular weight is 356 g/mol. The largest absolute Gasteiger partial charge is 0.465 e. The lowest BCUT2D eigenvalue weighted by Gasteiger charge is -2.31. The maximum atomic E-state index is 12.1. The maximum absolute atomic E-state index is 12.1. The summed E-state index contributed by atoms with van der Waals surface area (Å²) < 4.78 is 2.17. The lowest BCUT2D eigenvalue weighted by atomic mass is 10.0. The quantitative estimate of drug-likeness (QED) is 0.864. The molecule has 2 saturated heterocycles. The van der Waals surface area contributed by atoms with Crippen LogP contribution >= 0.6 is 0 Å². The molecule has 0 spiro atoms. The predicted octanol–water partition coefficient (Wildman–Crippen LogP) is 2.40. The SMILES string of the molecule is O=C1CCN(c2ccc3ccn(C4CCN(C(=O)O)CC4)c3c2)C(=O)N1. The lowest BCUT2D eigenvalue weighted by Crippen LogP contribution is -2.49. The molecule has 26 heavy (non-hydrogen) atoms. The van der Waals surface area contributed by atoms with Gasteiger partial charge in [-0.15, -0.1) is 0 Å². The van der Waals surface area contributed by atoms with Crippen molar-refractivity contribution < 1.29 is 19.5 Å². The Hall–Kier alpha value is -3.03. The van der Waals surface area contributed by atoms with Crippen molar-refractivity contribution in [2.45, 2.75) is 25.3 Å². The number of likely N-dealkylation sites (tertiary alicyclic amines) is 1. The van der Waals surface area contributed by atoms with Crippen LogP contribution in [0.25, 0.3) is 10.9 Å². The highest BCUT2D eigenvalue weighted by Crippen LogP contribution is 2.30. The Morgan fingerprint density at radius 1 is 1.12 bits per heavy atom. The highest BCUT2D eigenvalue weighted by molar-refractivity contribution is 6.06. The van der Waals surface area contributed by atoms with E-state index in [0.717, 1.165) is 29.4 Å². The first-order chi connectivity index (χ1) is 12.5. The van der Waals surface area contributed by atoms with Gasteiger partial charge < -0.3 is 14.6 Å². The van der Waals surface area contributed by atoms with Crippen LogP contribution in [0.4, 0.5) is 15.3 Å². The molecule has 2 aromatic rings. The number of imide groups is 1. The van der Waals surface area contributed by atoms with Gasteiger partial charge in [-0.3, -0.25) is 15.0 Å². The van der Waals surface area contributed by atoms with Crippen LogP contribution in [0.3, 0.4) is 0 Å². The standard InChI is InChI=1S/C18H20N4O4/c23-16-6-10-22(17(24)19-16)14-2-1-12-3-9-21(15(12)11-14)13-4-7-20(8-5-13)18(25)26/h1-3,9,11,13H,4-8,10H2,(H,25,26)(H,19,23,24). The zero-order chi connectivity index (χ0) is 18.3. The molecule has 1 aromatic carbocycles. The van der Waals surface area contributed by atoms with Crippen molar-refractivity contribution in [3.05, 3.63) is 30.5 Å². The monoisotopic (exact) mass is 356 g/mol. The number of carbonyl (C=O) groups is 3. The normalized spacial score (nSPS) is 19.1. The van der Waals surface area contributed by atoms with E-state index in [1.807, 2.05) is 30.5 Å². The third-order valence-corrected chi connectivity index (χ3v) is 5.20. The van der Waals surface area contributed by atoms with Crippen molar-refractivity contribution >= 4 is 34.6 Å². The summed E-state index contributed by atoms with van der Waals surface area (Å²) >= 11 is 0. The van der Waals surface area contributed by atoms with Crippen LogP contribution in [0, 0.1) is 0 Å². The van der Waals surface area contributed by atoms with Gasteiger partial charge in [0.1, 0.15) is 0 Å². The van der Waals surface area contributed by atoms with Gasteiger partial charge in [-0.05, 0) is 36.4 Å². The molecule has 136 valence electrons. The van der Waals surface area contributed by atoms with Crippen molar-refractivity contribution in [2.24, 2.45) is 0 Å². The number of anilines is 1. The van der Waals surface area contributed by atoms with E-state index in [2.05, 4.69) is 9.88 Å². The Balaban J connectivity index is 1.60. The fourth-order valence-electron chi connectivity index (χ4n) is 3.77. The Morgan fingerprint density at radius 3 is 2.58 bits per heavy atom. The number of carbonyl (C=O) groups excluding carboxylic acids is 2. The first kappa shape index (κ1) is 16.4. The minimum Gasteiger partial charge on any atom is -0.465 e. The molecule has 2 N–H and O–H groups in total. The van der Waals surface area contributed by atoms with Gasteiger partial charge in [0.25, 0.3) is 0 Å². The molecule has 0 unspecified atom stereocenters. The molecule has 0 saturated carbocycles. The van der Waals surface area contributed by atoms with Crippen LogP contribution in [0.2, 0.25) is 0 Å². The first-order valence-corrected chi connectivity index (χ1v) is 8.73. The lowest BCUT2D eigenvalue weighted by molar-refractivity contribution is -0.120. The van der Waals surface area contributed by atoms with Crippen molar-refractivity contribution in [3.63, 3.8) is 0 Å². The molecule has 3 heterocycles. The number of carboxylic acid groups (broad SMARTS) is 1. The van der Waals surface area contributed by atoms with Crippen LogP contribution in [-0.2, 0) is 4.79 Å². The fraction of sp³-hybridized carbons (Fsp3) is 0.389. The maximum Gasteiger partial charge on any atom is 0.407 e. The second-order valence-electron chi connectivity index (χ2n) is 6.72. The van der Waals surface area contributed by atoms with Crippen molar-refractivity contribution in [3.8, 4) is 0 Å². The van der Waals surface area contributed by atoms with E-state index in [-0.39, 0.29) is 11.9 Å². The first-order valence-electron chi connectivity index (χ1n) is 8.73. The molecule has 4 rings (SSSR count). The number of aromatic nitrogens is 1. The van der Waals surface area contributed by atoms with Crippen LogP contribution in [0.15, 0.2) is 30.5 Å². The molecular formula is C18H20N4O4. The van der Waals surface area contributed by atoms with E-state index in [1.54, 1.807) is 4.90 Å². The Morgan fingerprint density at radius 2 is 1.88 bits per heavy atom. The highest BCUT2D eigenvalue weighted by Gasteiger charge is 2.26. The molecule has 2 aliphatic heterocycles. The van der Waals surface area contributed by atoms with Gasteiger partial charge in [0.05, 0.1) is 5.52 Å². The number of piperidine rings is 1. The van der Waals surface area contributed by atoms with Gasteiger partial charge >= 0.3 is 12.1 Å². The Labute approximate surface area is 150 Å². The van der Waals surface area contributed by atoms with Gasteiger partial charge in [0.15, 0.2) is 0 Å². The number of hydrogen-bond donors (Lipinski definition) is 2. The average Bonchev–Trinajstić information content (AvgIpc) is 3.05. The summed E-state index contributed by atoms with van der Waals surface area (Å²) in [5.74, 6) is -0.249. The third-order valence-electron chi connectivity index (χ3n) is 5.20. The highest BCUT2D eigenvalue weighted by atomic mass is 16.4. The zero-order valence-corrected chi connectivity index (χ0v) is 14.2. The molecule has 8 nitrogen and oxygen atoms in total. The summed E-state index contributed by atoms with van der Waals surface area (Å²) in [5.41, 5.74) is 1.77. The number of amides is 4. The molecular weight excluding hydrogens is 336 g/mol. The second kappa shape index (κ2) is 6.36. The minimum absolute atomic E-state index is 0.232. The summed E-state index contributed by atoms with van der Waals surface area (Å²) in [6.07, 6.45) is 2.97. The van der Waals surface area contributed by atoms with Crippen LogP contribution < -0.4 is 10.2 Å². The number of nitrogens with zero attached hydrogens (tertiary/aromatic N) is 3. The van der Waals surface area contributed by atoms with Crippen molar-refractivity contribution in [1.82, 2.24) is 14.8 Å². The second-order valence-corrected chi connectivity index (χ2v) is 6.72. The summed E-state index contributed by atoms with van der Waals surface area (Å²) in [7, 11) is 0. The van der Waals surface area contributed by atoms with Gasteiger partial charge in [-0.2, -0.15) is 0 Å². The van der Waals surface area contributed by atoms with E-state index in [0.29, 0.717) is 26.1 Å². The minimum atomic E-state index is -0.867. The molecule has 2 aliphatic rings. The number of fused-ring (bicyclic) bond motifs is 1. The number of benzene rings is 1. The van der Waals surface area contributed by atoms with Crippen LogP contribution in [0.5, 0.6) is 0 Å². The van der Waals surface area contributed by atoms with Gasteiger partial charge in [0, 0.05) is 44.0 Å². The van der Waals surface area contributed by atoms with Crippen LogP contribution in [0.1, 0.15) is 25.3 Å². The van der Waals surface area contributed by atoms with Crippen molar-refractivity contribution in [2.75, 3.05) is 24.5 Å². The van der Waals surface area contributed by atoms with Gasteiger partial charge in [0.2, 0.25) is 5.91 Å². The Bertz CT molecular complexity index is 882. The fourth-order valence-corrected chi connectivity index (χ4v) is 3.77. The van der Waals surface area contributed by atoms with Gasteiger partial charge in [-0.25, -0.2) is 9.59 Å². The molecule has 0 atom stereocenters. The van der Waals surface area contributed by atoms with Crippen molar-refractivity contribution in [1.29, 1.82) is 0 Å². The van der Waals surface area contributed by atoms with E-state index in [4.69, 9.17) is 5.11 Å². The predicted molar refractivity (Wildman–Crippen MR) is 95.3 cm³/mol. The number of nitrogens with one attached hydrogen (secondary N) is 1. The van der Waals surface area contributed by atoms with E-state index < -0.39 is 12.1 Å². The van der Waals surface area contributed by atoms with Crippen LogP contribution in [-0.4, -0.2) is 52.2 Å². The Kier molecular flexibility index (Phi) is 4.02. The molecule has 0 bridgehead atoms. The summed E-state index contributed by atoms with van der Waals surface area (Å²) in [6.45, 7) is 1.42. The molecule has 4 amide bonds. The zero-order valence-electron chi connectivity index (χ0n) is 14.2. The molecule has 1 aromatic heterocycles. The molecule has 8 heteroatoms. The topological polar surface area (TPSA) is 94.9 Å².